The molecule has 0 aliphatic carbocycles. The predicted octanol–water partition coefficient (Wildman–Crippen LogP) is 3.38. The number of hydrogen-bond acceptors (Lipinski definition) is 3. The molecule has 0 amide bonds. The van der Waals surface area contributed by atoms with Crippen LogP contribution in [0.25, 0.3) is 0 Å². The standard InChI is InChI=1S/C14H14Cl2N2O2/c1-9-5-10(7-11(15)6-9)14(19)13-12(16)8-17-18(13)3-4-20-2/h5-8H,3-4H2,1-2H3. The maximum Gasteiger partial charge on any atom is 0.212 e. The summed E-state index contributed by atoms with van der Waals surface area (Å²) < 4.78 is 6.54. The average molecular weight is 313 g/mol. The minimum absolute atomic E-state index is 0.200. The fraction of sp³-hybridized carbons (Fsp3) is 0.286. The van der Waals surface area contributed by atoms with Crippen LogP contribution in [-0.4, -0.2) is 29.3 Å². The molecule has 0 aliphatic heterocycles. The Labute approximate surface area is 127 Å². The van der Waals surface area contributed by atoms with Gasteiger partial charge in [0.15, 0.2) is 0 Å². The van der Waals surface area contributed by atoms with Gasteiger partial charge in [-0.2, -0.15) is 5.10 Å². The third-order valence-corrected chi connectivity index (χ3v) is 3.32. The summed E-state index contributed by atoms with van der Waals surface area (Å²) in [6.45, 7) is 2.79. The Bertz CT molecular complexity index is 618. The van der Waals surface area contributed by atoms with Crippen molar-refractivity contribution in [1.82, 2.24) is 9.78 Å². The SMILES string of the molecule is COCCn1ncc(Cl)c1C(=O)c1cc(C)cc(Cl)c1. The zero-order valence-electron chi connectivity index (χ0n) is 11.2. The molecule has 1 aromatic heterocycles. The van der Waals surface area contributed by atoms with Crippen LogP contribution in [0.2, 0.25) is 10.0 Å². The molecule has 1 heterocycles. The molecule has 0 bridgehead atoms. The van der Waals surface area contributed by atoms with E-state index in [2.05, 4.69) is 5.10 Å². The highest BCUT2D eigenvalue weighted by Crippen LogP contribution is 2.22. The second-order valence-electron chi connectivity index (χ2n) is 4.40. The molecule has 20 heavy (non-hydrogen) atoms. The first-order valence-electron chi connectivity index (χ1n) is 6.05. The molecule has 106 valence electrons. The zero-order chi connectivity index (χ0) is 14.7. The lowest BCUT2D eigenvalue weighted by molar-refractivity contribution is 0.102. The molecule has 0 saturated carbocycles. The van der Waals surface area contributed by atoms with Gasteiger partial charge in [0.1, 0.15) is 5.69 Å². The van der Waals surface area contributed by atoms with Crippen molar-refractivity contribution >= 4 is 29.0 Å². The second kappa shape index (κ2) is 6.39. The summed E-state index contributed by atoms with van der Waals surface area (Å²) in [6, 6.07) is 5.20. The number of aromatic nitrogens is 2. The Morgan fingerprint density at radius 3 is 2.75 bits per heavy atom. The zero-order valence-corrected chi connectivity index (χ0v) is 12.7. The van der Waals surface area contributed by atoms with Crippen molar-refractivity contribution in [1.29, 1.82) is 0 Å². The Hall–Kier alpha value is -1.36. The lowest BCUT2D eigenvalue weighted by atomic mass is 10.1. The Morgan fingerprint density at radius 2 is 2.10 bits per heavy atom. The van der Waals surface area contributed by atoms with Crippen LogP contribution in [0, 0.1) is 6.92 Å². The first-order chi connectivity index (χ1) is 9.52. The van der Waals surface area contributed by atoms with Gasteiger partial charge >= 0.3 is 0 Å². The van der Waals surface area contributed by atoms with Crippen LogP contribution in [-0.2, 0) is 11.3 Å². The number of rotatable bonds is 5. The minimum Gasteiger partial charge on any atom is -0.383 e. The van der Waals surface area contributed by atoms with E-state index in [9.17, 15) is 4.79 Å². The molecule has 0 unspecified atom stereocenters. The van der Waals surface area contributed by atoms with Crippen molar-refractivity contribution < 1.29 is 9.53 Å². The van der Waals surface area contributed by atoms with E-state index in [0.717, 1.165) is 5.56 Å². The molecule has 0 fully saturated rings. The van der Waals surface area contributed by atoms with Gasteiger partial charge in [-0.15, -0.1) is 0 Å². The highest BCUT2D eigenvalue weighted by Gasteiger charge is 2.19. The molecule has 6 heteroatoms. The summed E-state index contributed by atoms with van der Waals surface area (Å²) in [5, 5.41) is 4.94. The van der Waals surface area contributed by atoms with Crippen molar-refractivity contribution in [3.8, 4) is 0 Å². The van der Waals surface area contributed by atoms with Gasteiger partial charge in [0, 0.05) is 17.7 Å². The van der Waals surface area contributed by atoms with Crippen LogP contribution in [0.3, 0.4) is 0 Å². The number of methoxy groups -OCH3 is 1. The van der Waals surface area contributed by atoms with Crippen molar-refractivity contribution in [2.75, 3.05) is 13.7 Å². The Morgan fingerprint density at radius 1 is 1.35 bits per heavy atom. The van der Waals surface area contributed by atoms with Gasteiger partial charge in [0.05, 0.1) is 24.4 Å². The number of carbonyl (C=O) groups is 1. The number of nitrogens with zero attached hydrogens (tertiary/aromatic N) is 2. The number of ketones is 1. The molecule has 0 atom stereocenters. The molecule has 0 radical (unpaired) electrons. The molecule has 4 nitrogen and oxygen atoms in total. The molecule has 0 N–H and O–H groups in total. The monoisotopic (exact) mass is 312 g/mol. The quantitative estimate of drug-likeness (QED) is 0.795. The molecule has 0 spiro atoms. The molecule has 1 aromatic carbocycles. The van der Waals surface area contributed by atoms with Crippen molar-refractivity contribution in [2.45, 2.75) is 13.5 Å². The van der Waals surface area contributed by atoms with Crippen LogP contribution < -0.4 is 0 Å². The number of benzene rings is 1. The first-order valence-corrected chi connectivity index (χ1v) is 6.80. The van der Waals surface area contributed by atoms with Gasteiger partial charge in [-0.1, -0.05) is 23.2 Å². The minimum atomic E-state index is -0.200. The lowest BCUT2D eigenvalue weighted by Crippen LogP contribution is -2.15. The Kier molecular flexibility index (Phi) is 4.81. The van der Waals surface area contributed by atoms with Gasteiger partial charge in [0.2, 0.25) is 5.78 Å². The summed E-state index contributed by atoms with van der Waals surface area (Å²) in [6.07, 6.45) is 1.46. The van der Waals surface area contributed by atoms with Gasteiger partial charge in [-0.3, -0.25) is 9.48 Å². The summed E-state index contributed by atoms with van der Waals surface area (Å²) in [4.78, 5) is 12.6. The summed E-state index contributed by atoms with van der Waals surface area (Å²) in [7, 11) is 1.59. The fourth-order valence-electron chi connectivity index (χ4n) is 1.94. The van der Waals surface area contributed by atoms with E-state index in [1.807, 2.05) is 6.92 Å². The highest BCUT2D eigenvalue weighted by molar-refractivity contribution is 6.35. The largest absolute Gasteiger partial charge is 0.383 e. The van der Waals surface area contributed by atoms with Gasteiger partial charge < -0.3 is 4.74 Å². The third-order valence-electron chi connectivity index (χ3n) is 2.82. The lowest BCUT2D eigenvalue weighted by Gasteiger charge is -2.08. The van der Waals surface area contributed by atoms with E-state index in [4.69, 9.17) is 27.9 Å². The number of aryl methyl sites for hydroxylation is 1. The summed E-state index contributed by atoms with van der Waals surface area (Å²) >= 11 is 12.1. The third kappa shape index (κ3) is 3.20. The average Bonchev–Trinajstić information content (AvgIpc) is 2.75. The second-order valence-corrected chi connectivity index (χ2v) is 5.25. The van der Waals surface area contributed by atoms with Crippen molar-refractivity contribution in [3.05, 3.63) is 51.3 Å². The molecular weight excluding hydrogens is 299 g/mol. The Balaban J connectivity index is 2.39. The van der Waals surface area contributed by atoms with Crippen LogP contribution in [0.5, 0.6) is 0 Å². The molecule has 2 rings (SSSR count). The van der Waals surface area contributed by atoms with E-state index in [1.165, 1.54) is 6.20 Å². The summed E-state index contributed by atoms with van der Waals surface area (Å²) in [5.74, 6) is -0.200. The maximum absolute atomic E-state index is 12.6. The van der Waals surface area contributed by atoms with Crippen molar-refractivity contribution in [3.63, 3.8) is 0 Å². The smallest absolute Gasteiger partial charge is 0.212 e. The fourth-order valence-corrected chi connectivity index (χ4v) is 2.46. The van der Waals surface area contributed by atoms with E-state index in [0.29, 0.717) is 34.5 Å². The molecule has 0 aliphatic rings. The van der Waals surface area contributed by atoms with E-state index in [-0.39, 0.29) is 5.78 Å². The normalized spacial score (nSPS) is 10.8. The van der Waals surface area contributed by atoms with E-state index in [1.54, 1.807) is 30.0 Å². The summed E-state index contributed by atoms with van der Waals surface area (Å²) in [5.41, 5.74) is 1.77. The van der Waals surface area contributed by atoms with E-state index >= 15 is 0 Å². The van der Waals surface area contributed by atoms with Crippen LogP contribution in [0.15, 0.2) is 24.4 Å². The van der Waals surface area contributed by atoms with Crippen LogP contribution >= 0.6 is 23.2 Å². The van der Waals surface area contributed by atoms with Gasteiger partial charge in [-0.25, -0.2) is 0 Å². The van der Waals surface area contributed by atoms with Crippen molar-refractivity contribution in [2.24, 2.45) is 0 Å². The molecule has 2 aromatic rings. The predicted molar refractivity (Wildman–Crippen MR) is 78.7 cm³/mol. The highest BCUT2D eigenvalue weighted by atomic mass is 35.5. The molecular formula is C14H14Cl2N2O2. The van der Waals surface area contributed by atoms with Crippen LogP contribution in [0.1, 0.15) is 21.6 Å². The van der Waals surface area contributed by atoms with Gasteiger partial charge in [0.25, 0.3) is 0 Å². The number of ether oxygens (including phenoxy) is 1. The maximum atomic E-state index is 12.6. The number of carbonyl (C=O) groups excluding carboxylic acids is 1. The molecule has 0 saturated heterocycles. The number of halogens is 2. The number of hydrogen-bond donors (Lipinski definition) is 0. The topological polar surface area (TPSA) is 44.1 Å². The van der Waals surface area contributed by atoms with Gasteiger partial charge in [-0.05, 0) is 30.7 Å². The van der Waals surface area contributed by atoms with E-state index < -0.39 is 0 Å². The van der Waals surface area contributed by atoms with Crippen LogP contribution in [0.4, 0.5) is 0 Å². The first kappa shape index (κ1) is 15.0.